The second kappa shape index (κ2) is 3.53. The van der Waals surface area contributed by atoms with Crippen molar-refractivity contribution in [1.82, 2.24) is 4.98 Å². The molecule has 0 amide bonds. The van der Waals surface area contributed by atoms with Crippen molar-refractivity contribution < 1.29 is 9.13 Å². The molecule has 0 aliphatic heterocycles. The summed E-state index contributed by atoms with van der Waals surface area (Å²) >= 11 is 1.39. The van der Waals surface area contributed by atoms with Gasteiger partial charge in [-0.15, -0.1) is 0 Å². The molecule has 0 radical (unpaired) electrons. The zero-order chi connectivity index (χ0) is 9.10. The van der Waals surface area contributed by atoms with E-state index in [9.17, 15) is 4.39 Å². The number of rotatable bonds is 2. The molecule has 1 heterocycles. The van der Waals surface area contributed by atoms with Crippen LogP contribution < -0.4 is 4.74 Å². The Hall–Kier alpha value is -1.42. The van der Waals surface area contributed by atoms with Crippen LogP contribution in [0.3, 0.4) is 0 Å². The Bertz CT molecular complexity index is 371. The van der Waals surface area contributed by atoms with Crippen LogP contribution in [0.5, 0.6) is 10.8 Å². The van der Waals surface area contributed by atoms with Gasteiger partial charge in [0, 0.05) is 0 Å². The van der Waals surface area contributed by atoms with Crippen molar-refractivity contribution >= 4 is 11.3 Å². The summed E-state index contributed by atoms with van der Waals surface area (Å²) in [4.78, 5) is 3.86. The van der Waals surface area contributed by atoms with Crippen LogP contribution >= 0.6 is 11.3 Å². The Balaban J connectivity index is 2.15. The smallest absolute Gasteiger partial charge is 0.200 e. The van der Waals surface area contributed by atoms with Crippen molar-refractivity contribution in [2.24, 2.45) is 0 Å². The highest BCUT2D eigenvalue weighted by molar-refractivity contribution is 7.11. The van der Waals surface area contributed by atoms with Gasteiger partial charge in [-0.2, -0.15) is 0 Å². The lowest BCUT2D eigenvalue weighted by atomic mass is 10.3. The maximum Gasteiger partial charge on any atom is 0.200 e. The standard InChI is InChI=1S/C9H6FNOS/c10-7-1-3-8(4-2-7)12-9-5-11-6-13-9/h1-6H. The second-order valence-corrected chi connectivity index (χ2v) is 3.23. The molecule has 0 aliphatic carbocycles. The van der Waals surface area contributed by atoms with Crippen molar-refractivity contribution in [2.75, 3.05) is 0 Å². The van der Waals surface area contributed by atoms with Crippen LogP contribution in [0.1, 0.15) is 0 Å². The molecule has 0 saturated heterocycles. The molecule has 4 heteroatoms. The summed E-state index contributed by atoms with van der Waals surface area (Å²) in [6, 6.07) is 5.87. The molecule has 0 atom stereocenters. The minimum Gasteiger partial charge on any atom is -0.445 e. The summed E-state index contributed by atoms with van der Waals surface area (Å²) in [5, 5.41) is 0.701. The average molecular weight is 195 g/mol. The lowest BCUT2D eigenvalue weighted by molar-refractivity contribution is 0.493. The maximum atomic E-state index is 12.5. The molecule has 2 rings (SSSR count). The molecule has 66 valence electrons. The third-order valence-corrected chi connectivity index (χ3v) is 2.09. The van der Waals surface area contributed by atoms with Crippen LogP contribution in [-0.2, 0) is 0 Å². The Morgan fingerprint density at radius 3 is 2.62 bits per heavy atom. The molecule has 0 aliphatic rings. The molecule has 0 spiro atoms. The zero-order valence-electron chi connectivity index (χ0n) is 6.61. The fourth-order valence-electron chi connectivity index (χ4n) is 0.873. The first-order valence-electron chi connectivity index (χ1n) is 3.66. The predicted octanol–water partition coefficient (Wildman–Crippen LogP) is 3.07. The normalized spacial score (nSPS) is 9.92. The van der Waals surface area contributed by atoms with Gasteiger partial charge in [-0.05, 0) is 24.3 Å². The topological polar surface area (TPSA) is 22.1 Å². The average Bonchev–Trinajstić information content (AvgIpc) is 2.62. The van der Waals surface area contributed by atoms with Crippen LogP contribution in [0.25, 0.3) is 0 Å². The Morgan fingerprint density at radius 2 is 2.00 bits per heavy atom. The van der Waals surface area contributed by atoms with E-state index in [4.69, 9.17) is 4.74 Å². The lowest BCUT2D eigenvalue weighted by Crippen LogP contribution is -1.80. The van der Waals surface area contributed by atoms with Gasteiger partial charge in [-0.1, -0.05) is 11.3 Å². The van der Waals surface area contributed by atoms with Gasteiger partial charge in [0.05, 0.1) is 11.7 Å². The maximum absolute atomic E-state index is 12.5. The van der Waals surface area contributed by atoms with Gasteiger partial charge in [0.2, 0.25) is 5.06 Å². The van der Waals surface area contributed by atoms with Gasteiger partial charge < -0.3 is 4.74 Å². The van der Waals surface area contributed by atoms with E-state index in [1.165, 1.54) is 23.5 Å². The number of hydrogen-bond acceptors (Lipinski definition) is 3. The highest BCUT2D eigenvalue weighted by Crippen LogP contribution is 2.24. The fraction of sp³-hybridized carbons (Fsp3) is 0. The van der Waals surface area contributed by atoms with Crippen LogP contribution in [0.4, 0.5) is 4.39 Å². The number of ether oxygens (including phenoxy) is 1. The van der Waals surface area contributed by atoms with Gasteiger partial charge in [0.25, 0.3) is 0 Å². The molecular formula is C9H6FNOS. The van der Waals surface area contributed by atoms with Crippen molar-refractivity contribution in [1.29, 1.82) is 0 Å². The number of thiazole rings is 1. The molecule has 1 aromatic carbocycles. The third-order valence-electron chi connectivity index (χ3n) is 1.44. The molecule has 2 nitrogen and oxygen atoms in total. The largest absolute Gasteiger partial charge is 0.445 e. The van der Waals surface area contributed by atoms with Gasteiger partial charge in [0.1, 0.15) is 11.6 Å². The molecule has 2 aromatic rings. The highest BCUT2D eigenvalue weighted by Gasteiger charge is 1.97. The summed E-state index contributed by atoms with van der Waals surface area (Å²) in [7, 11) is 0. The molecule has 0 N–H and O–H groups in total. The Morgan fingerprint density at radius 1 is 1.23 bits per heavy atom. The molecule has 0 saturated carbocycles. The minimum absolute atomic E-state index is 0.267. The molecular weight excluding hydrogens is 189 g/mol. The first kappa shape index (κ1) is 8.19. The first-order valence-corrected chi connectivity index (χ1v) is 4.54. The first-order chi connectivity index (χ1) is 6.34. The van der Waals surface area contributed by atoms with E-state index >= 15 is 0 Å². The van der Waals surface area contributed by atoms with Gasteiger partial charge >= 0.3 is 0 Å². The molecule has 1 aromatic heterocycles. The highest BCUT2D eigenvalue weighted by atomic mass is 32.1. The summed E-state index contributed by atoms with van der Waals surface area (Å²) in [6.45, 7) is 0. The molecule has 0 fully saturated rings. The molecule has 13 heavy (non-hydrogen) atoms. The van der Waals surface area contributed by atoms with E-state index in [0.717, 1.165) is 0 Å². The van der Waals surface area contributed by atoms with Crippen molar-refractivity contribution in [3.63, 3.8) is 0 Å². The van der Waals surface area contributed by atoms with Crippen LogP contribution in [-0.4, -0.2) is 4.98 Å². The summed E-state index contributed by atoms with van der Waals surface area (Å²) in [5.74, 6) is 0.349. The number of benzene rings is 1. The number of nitrogens with zero attached hydrogens (tertiary/aromatic N) is 1. The third kappa shape index (κ3) is 2.03. The van der Waals surface area contributed by atoms with Crippen molar-refractivity contribution in [3.8, 4) is 10.8 Å². The van der Waals surface area contributed by atoms with E-state index < -0.39 is 0 Å². The fourth-order valence-corrected chi connectivity index (χ4v) is 1.36. The predicted molar refractivity (Wildman–Crippen MR) is 48.6 cm³/mol. The monoisotopic (exact) mass is 195 g/mol. The van der Waals surface area contributed by atoms with Crippen LogP contribution in [0.15, 0.2) is 36.0 Å². The Labute approximate surface area is 78.6 Å². The van der Waals surface area contributed by atoms with Crippen molar-refractivity contribution in [2.45, 2.75) is 0 Å². The van der Waals surface area contributed by atoms with E-state index in [1.807, 2.05) is 0 Å². The molecule has 0 unspecified atom stereocenters. The summed E-state index contributed by atoms with van der Waals surface area (Å²) in [5.41, 5.74) is 1.68. The van der Waals surface area contributed by atoms with Gasteiger partial charge in [0.15, 0.2) is 0 Å². The summed E-state index contributed by atoms with van der Waals surface area (Å²) < 4.78 is 17.9. The second-order valence-electron chi connectivity index (χ2n) is 2.38. The van der Waals surface area contributed by atoms with Crippen molar-refractivity contribution in [3.05, 3.63) is 41.8 Å². The number of halogens is 1. The van der Waals surface area contributed by atoms with E-state index in [-0.39, 0.29) is 5.82 Å². The zero-order valence-corrected chi connectivity index (χ0v) is 7.42. The van der Waals surface area contributed by atoms with Gasteiger partial charge in [-0.3, -0.25) is 0 Å². The SMILES string of the molecule is Fc1ccc(Oc2cncs2)cc1. The van der Waals surface area contributed by atoms with Crippen LogP contribution in [0, 0.1) is 5.82 Å². The quantitative estimate of drug-likeness (QED) is 0.734. The van der Waals surface area contributed by atoms with E-state index in [1.54, 1.807) is 23.8 Å². The Kier molecular flexibility index (Phi) is 2.23. The van der Waals surface area contributed by atoms with E-state index in [2.05, 4.69) is 4.98 Å². The van der Waals surface area contributed by atoms with Crippen LogP contribution in [0.2, 0.25) is 0 Å². The van der Waals surface area contributed by atoms with E-state index in [0.29, 0.717) is 10.8 Å². The number of aromatic nitrogens is 1. The summed E-state index contributed by atoms with van der Waals surface area (Å²) in [6.07, 6.45) is 1.62. The lowest BCUT2D eigenvalue weighted by Gasteiger charge is -2.00. The van der Waals surface area contributed by atoms with Gasteiger partial charge in [-0.25, -0.2) is 9.37 Å². The minimum atomic E-state index is -0.267. The molecule has 0 bridgehead atoms. The number of hydrogen-bond donors (Lipinski definition) is 0.